The molecule has 8 aliphatic carbocycles. The molecule has 2 unspecified atom stereocenters. The van der Waals surface area contributed by atoms with E-state index in [1.54, 1.807) is 47.5 Å². The van der Waals surface area contributed by atoms with Crippen LogP contribution in [0.3, 0.4) is 0 Å². The van der Waals surface area contributed by atoms with Crippen molar-refractivity contribution < 1.29 is 13.2 Å². The summed E-state index contributed by atoms with van der Waals surface area (Å²) in [4.78, 5) is 0. The highest BCUT2D eigenvalue weighted by molar-refractivity contribution is 5.89. The first kappa shape index (κ1) is 76.5. The number of halogens is 3. The SMILES string of the molecule is Cc1cccc2c1-c1ccc(F)cc1C2(C)C.Cc1cccc2c1-c1ccc(F)cc1C2(C)c1ccccc1.Cc1cccc2c1-c1ccc(F)cc1C21CCCCC1.Cc1cccc2c1-c1ccccc1C2(C)C.Cc1cccc2c1-c1ccccc1C2(C)c1ccccc1.Cc1cccc2c1-c1ccccc1C21CCCCC1. The van der Waals surface area contributed by atoms with Crippen LogP contribution in [-0.4, -0.2) is 0 Å². The molecule has 14 aromatic rings. The van der Waals surface area contributed by atoms with E-state index in [9.17, 15) is 13.2 Å². The Balaban J connectivity index is 0.0000000998. The van der Waals surface area contributed by atoms with E-state index < -0.39 is 0 Å². The highest BCUT2D eigenvalue weighted by Gasteiger charge is 2.48. The highest BCUT2D eigenvalue weighted by atomic mass is 19.1. The molecule has 22 rings (SSSR count). The normalized spacial score (nSPS) is 18.0. The van der Waals surface area contributed by atoms with Crippen LogP contribution in [0, 0.1) is 59.0 Å². The third-order valence-electron chi connectivity index (χ3n) is 28.0. The van der Waals surface area contributed by atoms with Crippen molar-refractivity contribution in [2.45, 2.75) is 180 Å². The van der Waals surface area contributed by atoms with Gasteiger partial charge in [-0.2, -0.15) is 0 Å². The Morgan fingerprint density at radius 2 is 0.461 bits per heavy atom. The molecular weight excluding hydrogens is 1400 g/mol. The molecule has 115 heavy (non-hydrogen) atoms. The van der Waals surface area contributed by atoms with Gasteiger partial charge in [0.2, 0.25) is 0 Å². The minimum atomic E-state index is -0.306. The monoisotopic (exact) mass is 1510 g/mol. The summed E-state index contributed by atoms with van der Waals surface area (Å²) in [5.41, 5.74) is 43.2. The van der Waals surface area contributed by atoms with Crippen molar-refractivity contribution in [3.8, 4) is 66.8 Å². The van der Waals surface area contributed by atoms with Gasteiger partial charge in [0, 0.05) is 32.5 Å². The van der Waals surface area contributed by atoms with Gasteiger partial charge in [0.1, 0.15) is 17.5 Å². The first-order chi connectivity index (χ1) is 55.5. The number of rotatable bonds is 2. The summed E-state index contributed by atoms with van der Waals surface area (Å²) in [7, 11) is 0. The van der Waals surface area contributed by atoms with Gasteiger partial charge in [0.15, 0.2) is 0 Å². The molecule has 0 saturated heterocycles. The van der Waals surface area contributed by atoms with Gasteiger partial charge in [-0.05, 0) is 296 Å². The predicted octanol–water partition coefficient (Wildman–Crippen LogP) is 30.1. The smallest absolute Gasteiger partial charge is 0.123 e. The number of aryl methyl sites for hydroxylation is 6. The van der Waals surface area contributed by atoms with Crippen molar-refractivity contribution in [1.29, 1.82) is 0 Å². The molecule has 2 spiro atoms. The fourth-order valence-corrected chi connectivity index (χ4v) is 22.3. The fraction of sp³-hybridized carbons (Fsp3) is 0.250. The number of hydrogen-bond acceptors (Lipinski definition) is 0. The van der Waals surface area contributed by atoms with E-state index in [0.29, 0.717) is 5.41 Å². The maximum atomic E-state index is 13.9. The number of benzene rings is 14. The minimum Gasteiger partial charge on any atom is -0.207 e. The Labute approximate surface area is 681 Å². The molecule has 3 heteroatoms. The van der Waals surface area contributed by atoms with E-state index in [1.165, 1.54) is 214 Å². The van der Waals surface area contributed by atoms with E-state index in [2.05, 4.69) is 308 Å². The van der Waals surface area contributed by atoms with Crippen molar-refractivity contribution in [3.63, 3.8) is 0 Å². The van der Waals surface area contributed by atoms with Gasteiger partial charge >= 0.3 is 0 Å². The van der Waals surface area contributed by atoms with Gasteiger partial charge in [-0.1, -0.05) is 327 Å². The van der Waals surface area contributed by atoms with Crippen LogP contribution >= 0.6 is 0 Å². The van der Waals surface area contributed by atoms with Crippen LogP contribution in [0.2, 0.25) is 0 Å². The quantitative estimate of drug-likeness (QED) is 0.162. The van der Waals surface area contributed by atoms with Gasteiger partial charge < -0.3 is 0 Å². The average Bonchev–Trinajstić information content (AvgIpc) is 1.56. The summed E-state index contributed by atoms with van der Waals surface area (Å²) in [6, 6.07) is 103. The Morgan fingerprint density at radius 3 is 0.887 bits per heavy atom. The van der Waals surface area contributed by atoms with Crippen LogP contribution in [-0.2, 0) is 32.5 Å². The van der Waals surface area contributed by atoms with Crippen molar-refractivity contribution in [3.05, 3.63) is 426 Å². The molecule has 0 bridgehead atoms. The number of fused-ring (bicyclic) bond motifs is 22. The van der Waals surface area contributed by atoms with Crippen LogP contribution in [0.5, 0.6) is 0 Å². The second-order valence-electron chi connectivity index (χ2n) is 35.2. The van der Waals surface area contributed by atoms with E-state index in [4.69, 9.17) is 0 Å². The molecule has 0 radical (unpaired) electrons. The molecule has 0 amide bonds. The molecule has 0 heterocycles. The molecule has 2 saturated carbocycles. The standard InChI is InChI=1S/C21H17F.C21H18.C19H19F.C19H20.C16H15F.C16H16/c1-14-7-6-10-18-20(14)17-12-11-16(22)13-19(17)21(18,2)15-8-4-3-5-9-15;1-15-9-8-14-19-20(15)17-12-6-7-13-18(17)21(19,2)16-10-4-3-5-11-16;1-13-6-5-7-16-18(13)15-9-8-14(20)12-17(15)19(16)10-3-2-4-11-19;1-14-8-7-11-17-18(14)15-9-3-4-10-16(15)19(17)12-5-2-6-13-19;1-10-5-4-6-13-15(10)12-8-7-11(17)9-14(12)16(13,2)3;1-11-7-6-10-14-15(11)12-8-4-5-9-13(12)16(14,2)3/h3-13H,1-2H3;3-14H,1-2H3;5-9,12H,2-4,10-11H2,1H3;3-4,7-11H,2,5-6,12-13H2,1H3;4-9H,1-3H3;4-10H,1-3H3. The van der Waals surface area contributed by atoms with Crippen molar-refractivity contribution in [1.82, 2.24) is 0 Å². The molecular formula is C112H105F3. The summed E-state index contributed by atoms with van der Waals surface area (Å²) in [6.07, 6.45) is 13.0. The molecule has 14 aromatic carbocycles. The van der Waals surface area contributed by atoms with E-state index in [-0.39, 0.29) is 44.5 Å². The zero-order valence-electron chi connectivity index (χ0n) is 69.0. The molecule has 8 aliphatic rings. The topological polar surface area (TPSA) is 0 Å². The summed E-state index contributed by atoms with van der Waals surface area (Å²) >= 11 is 0. The van der Waals surface area contributed by atoms with E-state index in [0.717, 1.165) is 16.7 Å². The molecule has 0 N–H and O–H groups in total. The van der Waals surface area contributed by atoms with Crippen molar-refractivity contribution in [2.24, 2.45) is 0 Å². The largest absolute Gasteiger partial charge is 0.207 e. The van der Waals surface area contributed by atoms with E-state index >= 15 is 0 Å². The minimum absolute atomic E-state index is 0.0563. The van der Waals surface area contributed by atoms with E-state index in [1.807, 2.05) is 36.4 Å². The summed E-state index contributed by atoms with van der Waals surface area (Å²) in [6.45, 7) is 26.6. The molecule has 0 aliphatic heterocycles. The summed E-state index contributed by atoms with van der Waals surface area (Å²) < 4.78 is 41.2. The molecule has 0 aromatic heterocycles. The van der Waals surface area contributed by atoms with Crippen molar-refractivity contribution in [2.75, 3.05) is 0 Å². The van der Waals surface area contributed by atoms with Gasteiger partial charge in [-0.25, -0.2) is 13.2 Å². The Kier molecular flexibility index (Phi) is 19.9. The maximum absolute atomic E-state index is 13.9. The second-order valence-corrected chi connectivity index (χ2v) is 35.2. The fourth-order valence-electron chi connectivity index (χ4n) is 22.3. The molecule has 0 nitrogen and oxygen atoms in total. The summed E-state index contributed by atoms with van der Waals surface area (Å²) in [5, 5.41) is 0. The molecule has 2 fully saturated rings. The first-order valence-corrected chi connectivity index (χ1v) is 42.0. The Morgan fingerprint density at radius 1 is 0.200 bits per heavy atom. The first-order valence-electron chi connectivity index (χ1n) is 42.0. The zero-order valence-corrected chi connectivity index (χ0v) is 69.0. The molecule has 2 atom stereocenters. The van der Waals surface area contributed by atoms with Gasteiger partial charge in [0.25, 0.3) is 0 Å². The lowest BCUT2D eigenvalue weighted by molar-refractivity contribution is 0.352. The molecule has 574 valence electrons. The summed E-state index contributed by atoms with van der Waals surface area (Å²) in [5.74, 6) is -0.423. The third kappa shape index (κ3) is 12.5. The van der Waals surface area contributed by atoms with Gasteiger partial charge in [0.05, 0.1) is 0 Å². The lowest BCUT2D eigenvalue weighted by Crippen LogP contribution is -2.28. The lowest BCUT2D eigenvalue weighted by atomic mass is 9.68. The van der Waals surface area contributed by atoms with Crippen LogP contribution in [0.25, 0.3) is 66.8 Å². The third-order valence-corrected chi connectivity index (χ3v) is 28.0. The zero-order chi connectivity index (χ0) is 79.9. The van der Waals surface area contributed by atoms with Crippen LogP contribution in [0.1, 0.15) is 217 Å². The van der Waals surface area contributed by atoms with Crippen LogP contribution in [0.15, 0.2) is 297 Å². The van der Waals surface area contributed by atoms with Gasteiger partial charge in [-0.3, -0.25) is 0 Å². The van der Waals surface area contributed by atoms with Crippen molar-refractivity contribution >= 4 is 0 Å². The Hall–Kier alpha value is -11.1. The van der Waals surface area contributed by atoms with Crippen LogP contribution in [0.4, 0.5) is 13.2 Å². The average molecular weight is 1510 g/mol. The number of hydrogen-bond donors (Lipinski definition) is 0. The predicted molar refractivity (Wildman–Crippen MR) is 476 cm³/mol. The second kappa shape index (κ2) is 29.9. The lowest BCUT2D eigenvalue weighted by Gasteiger charge is -2.36. The maximum Gasteiger partial charge on any atom is 0.123 e. The highest BCUT2D eigenvalue weighted by Crippen LogP contribution is 2.61. The van der Waals surface area contributed by atoms with Crippen LogP contribution < -0.4 is 0 Å². The Bertz CT molecular complexity index is 6070. The van der Waals surface area contributed by atoms with Gasteiger partial charge in [-0.15, -0.1) is 0 Å².